The summed E-state index contributed by atoms with van der Waals surface area (Å²) in [5, 5.41) is 0. The van der Waals surface area contributed by atoms with E-state index in [2.05, 4.69) is 19.1 Å². The SMILES string of the molecule is Cc1ccc2c(c1)CC(Cn1ccc(=O)cc1)O2. The van der Waals surface area contributed by atoms with E-state index in [9.17, 15) is 4.79 Å². The van der Waals surface area contributed by atoms with Crippen LogP contribution in [0.3, 0.4) is 0 Å². The monoisotopic (exact) mass is 241 g/mol. The molecule has 0 spiro atoms. The molecule has 0 bridgehead atoms. The van der Waals surface area contributed by atoms with E-state index in [4.69, 9.17) is 4.74 Å². The molecule has 1 atom stereocenters. The van der Waals surface area contributed by atoms with Gasteiger partial charge in [0.25, 0.3) is 0 Å². The van der Waals surface area contributed by atoms with Crippen molar-refractivity contribution in [3.8, 4) is 5.75 Å². The van der Waals surface area contributed by atoms with Gasteiger partial charge < -0.3 is 9.30 Å². The van der Waals surface area contributed by atoms with Crippen LogP contribution in [0.15, 0.2) is 47.5 Å². The molecule has 18 heavy (non-hydrogen) atoms. The number of benzene rings is 1. The first-order valence-electron chi connectivity index (χ1n) is 6.13. The van der Waals surface area contributed by atoms with Gasteiger partial charge in [-0.2, -0.15) is 0 Å². The minimum absolute atomic E-state index is 0.0394. The lowest BCUT2D eigenvalue weighted by Crippen LogP contribution is -2.21. The Kier molecular flexibility index (Phi) is 2.67. The number of ether oxygens (including phenoxy) is 1. The third kappa shape index (κ3) is 2.16. The molecule has 3 heteroatoms. The molecule has 3 nitrogen and oxygen atoms in total. The van der Waals surface area contributed by atoms with Crippen LogP contribution in [0, 0.1) is 6.92 Å². The first-order chi connectivity index (χ1) is 8.70. The number of aromatic nitrogens is 1. The van der Waals surface area contributed by atoms with Crippen molar-refractivity contribution < 1.29 is 4.74 Å². The first kappa shape index (κ1) is 11.1. The Bertz CT molecular complexity index is 610. The van der Waals surface area contributed by atoms with Gasteiger partial charge in [0.05, 0.1) is 6.54 Å². The molecule has 0 aliphatic carbocycles. The molecule has 0 saturated heterocycles. The minimum atomic E-state index is 0.0394. The Balaban J connectivity index is 1.74. The van der Waals surface area contributed by atoms with Crippen molar-refractivity contribution in [3.63, 3.8) is 0 Å². The second-order valence-electron chi connectivity index (χ2n) is 4.79. The van der Waals surface area contributed by atoms with Crippen LogP contribution in [0.2, 0.25) is 0 Å². The number of nitrogens with zero attached hydrogens (tertiary/aromatic N) is 1. The largest absolute Gasteiger partial charge is 0.488 e. The Morgan fingerprint density at radius 3 is 2.83 bits per heavy atom. The molecule has 2 heterocycles. The summed E-state index contributed by atoms with van der Waals surface area (Å²) in [5.41, 5.74) is 2.58. The lowest BCUT2D eigenvalue weighted by molar-refractivity contribution is 0.209. The normalized spacial score (nSPS) is 17.3. The number of aryl methyl sites for hydroxylation is 1. The molecule has 1 aromatic heterocycles. The Morgan fingerprint density at radius 1 is 1.28 bits per heavy atom. The summed E-state index contributed by atoms with van der Waals surface area (Å²) in [6, 6.07) is 9.44. The fourth-order valence-electron chi connectivity index (χ4n) is 2.35. The fourth-order valence-corrected chi connectivity index (χ4v) is 2.35. The summed E-state index contributed by atoms with van der Waals surface area (Å²) in [7, 11) is 0. The summed E-state index contributed by atoms with van der Waals surface area (Å²) in [6.45, 7) is 2.86. The second kappa shape index (κ2) is 4.33. The van der Waals surface area contributed by atoms with E-state index < -0.39 is 0 Å². The van der Waals surface area contributed by atoms with Crippen molar-refractivity contribution in [1.82, 2.24) is 4.57 Å². The summed E-state index contributed by atoms with van der Waals surface area (Å²) >= 11 is 0. The van der Waals surface area contributed by atoms with Crippen LogP contribution < -0.4 is 10.2 Å². The zero-order valence-electron chi connectivity index (χ0n) is 10.3. The highest BCUT2D eigenvalue weighted by atomic mass is 16.5. The van der Waals surface area contributed by atoms with Gasteiger partial charge in [-0.15, -0.1) is 0 Å². The van der Waals surface area contributed by atoms with E-state index in [0.29, 0.717) is 0 Å². The third-order valence-electron chi connectivity index (χ3n) is 3.23. The predicted molar refractivity (Wildman–Crippen MR) is 70.0 cm³/mol. The lowest BCUT2D eigenvalue weighted by Gasteiger charge is -2.12. The van der Waals surface area contributed by atoms with Gasteiger partial charge >= 0.3 is 0 Å². The van der Waals surface area contributed by atoms with Gasteiger partial charge in [-0.25, -0.2) is 0 Å². The zero-order valence-corrected chi connectivity index (χ0v) is 10.3. The van der Waals surface area contributed by atoms with Crippen LogP contribution in [0.1, 0.15) is 11.1 Å². The topological polar surface area (TPSA) is 31.2 Å². The van der Waals surface area contributed by atoms with Crippen LogP contribution in [-0.2, 0) is 13.0 Å². The summed E-state index contributed by atoms with van der Waals surface area (Å²) in [4.78, 5) is 11.0. The van der Waals surface area contributed by atoms with Gasteiger partial charge in [-0.3, -0.25) is 4.79 Å². The highest BCUT2D eigenvalue weighted by Gasteiger charge is 2.22. The van der Waals surface area contributed by atoms with Crippen molar-refractivity contribution in [2.24, 2.45) is 0 Å². The number of pyridine rings is 1. The maximum atomic E-state index is 11.0. The second-order valence-corrected chi connectivity index (χ2v) is 4.79. The molecule has 0 fully saturated rings. The van der Waals surface area contributed by atoms with Crippen molar-refractivity contribution >= 4 is 0 Å². The molecule has 1 aromatic carbocycles. The van der Waals surface area contributed by atoms with Crippen LogP contribution in [0.25, 0.3) is 0 Å². The average molecular weight is 241 g/mol. The van der Waals surface area contributed by atoms with Crippen molar-refractivity contribution in [3.05, 3.63) is 64.1 Å². The average Bonchev–Trinajstić information content (AvgIpc) is 2.73. The Morgan fingerprint density at radius 2 is 2.06 bits per heavy atom. The van der Waals surface area contributed by atoms with E-state index >= 15 is 0 Å². The zero-order chi connectivity index (χ0) is 12.5. The first-order valence-corrected chi connectivity index (χ1v) is 6.13. The van der Waals surface area contributed by atoms with Crippen LogP contribution in [-0.4, -0.2) is 10.7 Å². The van der Waals surface area contributed by atoms with Gasteiger partial charge in [0.1, 0.15) is 11.9 Å². The van der Waals surface area contributed by atoms with Crippen LogP contribution >= 0.6 is 0 Å². The summed E-state index contributed by atoms with van der Waals surface area (Å²) in [6.07, 6.45) is 4.70. The number of hydrogen-bond acceptors (Lipinski definition) is 2. The van der Waals surface area contributed by atoms with Crippen molar-refractivity contribution in [2.45, 2.75) is 26.0 Å². The van der Waals surface area contributed by atoms with Gasteiger partial charge in [-0.05, 0) is 18.6 Å². The van der Waals surface area contributed by atoms with Crippen molar-refractivity contribution in [2.75, 3.05) is 0 Å². The summed E-state index contributed by atoms with van der Waals surface area (Å²) in [5.74, 6) is 0.992. The quantitative estimate of drug-likeness (QED) is 0.806. The smallest absolute Gasteiger partial charge is 0.181 e. The molecule has 0 saturated carbocycles. The van der Waals surface area contributed by atoms with Gasteiger partial charge in [0, 0.05) is 30.9 Å². The Labute approximate surface area is 106 Å². The standard InChI is InChI=1S/C15H15NO2/c1-11-2-3-15-12(8-11)9-14(18-15)10-16-6-4-13(17)5-7-16/h2-8,14H,9-10H2,1H3. The number of fused-ring (bicyclic) bond motifs is 1. The maximum Gasteiger partial charge on any atom is 0.181 e. The lowest BCUT2D eigenvalue weighted by atomic mass is 10.1. The highest BCUT2D eigenvalue weighted by Crippen LogP contribution is 2.29. The molecule has 0 N–H and O–H groups in total. The molecule has 3 rings (SSSR count). The van der Waals surface area contributed by atoms with Gasteiger partial charge in [0.15, 0.2) is 5.43 Å². The molecule has 0 radical (unpaired) electrons. The molecule has 92 valence electrons. The third-order valence-corrected chi connectivity index (χ3v) is 3.23. The maximum absolute atomic E-state index is 11.0. The van der Waals surface area contributed by atoms with E-state index in [1.807, 2.05) is 10.6 Å². The molecule has 1 aliphatic rings. The number of rotatable bonds is 2. The molecule has 1 unspecified atom stereocenters. The fraction of sp³-hybridized carbons (Fsp3) is 0.267. The summed E-state index contributed by atoms with van der Waals surface area (Å²) < 4.78 is 7.89. The Hall–Kier alpha value is -2.03. The van der Waals surface area contributed by atoms with Crippen molar-refractivity contribution in [1.29, 1.82) is 0 Å². The van der Waals surface area contributed by atoms with Crippen LogP contribution in [0.5, 0.6) is 5.75 Å². The van der Waals surface area contributed by atoms with Gasteiger partial charge in [-0.1, -0.05) is 17.7 Å². The van der Waals surface area contributed by atoms with E-state index in [-0.39, 0.29) is 11.5 Å². The molecular formula is C15H15NO2. The molecular weight excluding hydrogens is 226 g/mol. The minimum Gasteiger partial charge on any atom is -0.488 e. The van der Waals surface area contributed by atoms with E-state index in [1.54, 1.807) is 24.5 Å². The van der Waals surface area contributed by atoms with Crippen LogP contribution in [0.4, 0.5) is 0 Å². The molecule has 1 aliphatic heterocycles. The number of hydrogen-bond donors (Lipinski definition) is 0. The van der Waals surface area contributed by atoms with Gasteiger partial charge in [0.2, 0.25) is 0 Å². The van der Waals surface area contributed by atoms with E-state index in [0.717, 1.165) is 18.7 Å². The molecule has 0 amide bonds. The predicted octanol–water partition coefficient (Wildman–Crippen LogP) is 2.16. The molecule has 2 aromatic rings. The highest BCUT2D eigenvalue weighted by molar-refractivity contribution is 5.40. The van der Waals surface area contributed by atoms with E-state index in [1.165, 1.54) is 11.1 Å².